The van der Waals surface area contributed by atoms with Crippen LogP contribution in [0.5, 0.6) is 5.75 Å². The van der Waals surface area contributed by atoms with Gasteiger partial charge in [-0.1, -0.05) is 19.1 Å². The summed E-state index contributed by atoms with van der Waals surface area (Å²) in [5, 5.41) is 13.7. The summed E-state index contributed by atoms with van der Waals surface area (Å²) in [6.45, 7) is 4.15. The Morgan fingerprint density at radius 2 is 2.31 bits per heavy atom. The van der Waals surface area contributed by atoms with Gasteiger partial charge in [-0.2, -0.15) is 0 Å². The molecule has 1 aromatic rings. The second-order valence-corrected chi connectivity index (χ2v) is 7.98. The number of phenols is 1. The summed E-state index contributed by atoms with van der Waals surface area (Å²) in [6, 6.07) is 5.81. The number of phenolic OH excluding ortho intramolecular Hbond substituents is 1. The van der Waals surface area contributed by atoms with Gasteiger partial charge < -0.3 is 15.2 Å². The Bertz CT molecular complexity index is 874. The highest BCUT2D eigenvalue weighted by Crippen LogP contribution is 2.64. The number of carbonyl (C=O) groups is 1. The maximum absolute atomic E-state index is 12.7. The molecule has 5 rings (SSSR count). The summed E-state index contributed by atoms with van der Waals surface area (Å²) < 4.78 is 5.17. The van der Waals surface area contributed by atoms with E-state index in [0.29, 0.717) is 12.5 Å². The number of nitrogens with one attached hydrogen (secondary N) is 1. The fourth-order valence-corrected chi connectivity index (χ4v) is 6.05. The van der Waals surface area contributed by atoms with Gasteiger partial charge in [-0.05, 0) is 43.0 Å². The molecule has 3 aliphatic heterocycles. The standard InChI is InChI=1S/C21H24N2O3/c1-3-20-7-4-9-23-10-8-21(19(20)23)15-11-13(24)5-6-16(15)22-17(21)14(12-20)18(25)26-2/h4-7,11,19,22,24H,3,8-10,12H2,1-2H3/t19-,20-,21-/m0/s1. The molecule has 3 atom stereocenters. The van der Waals surface area contributed by atoms with Crippen LogP contribution in [0.4, 0.5) is 5.69 Å². The van der Waals surface area contributed by atoms with Gasteiger partial charge in [-0.3, -0.25) is 4.90 Å². The number of aromatic hydroxyl groups is 1. The zero-order valence-electron chi connectivity index (χ0n) is 15.2. The van der Waals surface area contributed by atoms with E-state index in [-0.39, 0.29) is 22.5 Å². The lowest BCUT2D eigenvalue weighted by Crippen LogP contribution is -2.58. The number of fused-ring (bicyclic) bond motifs is 1. The summed E-state index contributed by atoms with van der Waals surface area (Å²) >= 11 is 0. The number of esters is 1. The average Bonchev–Trinajstić information content (AvgIpc) is 3.21. The van der Waals surface area contributed by atoms with Crippen molar-refractivity contribution in [1.29, 1.82) is 0 Å². The van der Waals surface area contributed by atoms with Gasteiger partial charge in [0.2, 0.25) is 0 Å². The first kappa shape index (κ1) is 15.9. The fourth-order valence-electron chi connectivity index (χ4n) is 6.05. The number of benzene rings is 1. The first-order valence-electron chi connectivity index (χ1n) is 9.40. The number of hydrogen-bond acceptors (Lipinski definition) is 5. The number of carbonyl (C=O) groups excluding carboxylic acids is 1. The first-order chi connectivity index (χ1) is 12.6. The van der Waals surface area contributed by atoms with Crippen molar-refractivity contribution in [3.63, 3.8) is 0 Å². The zero-order valence-corrected chi connectivity index (χ0v) is 15.2. The molecule has 1 aromatic carbocycles. The van der Waals surface area contributed by atoms with Gasteiger partial charge in [-0.25, -0.2) is 4.79 Å². The molecule has 26 heavy (non-hydrogen) atoms. The lowest BCUT2D eigenvalue weighted by atomic mass is 9.55. The third-order valence-electron chi connectivity index (χ3n) is 7.05. The molecule has 3 heterocycles. The van der Waals surface area contributed by atoms with Crippen LogP contribution in [0.25, 0.3) is 0 Å². The van der Waals surface area contributed by atoms with Crippen LogP contribution in [0.2, 0.25) is 0 Å². The number of rotatable bonds is 2. The van der Waals surface area contributed by atoms with E-state index in [1.165, 1.54) is 7.11 Å². The molecular weight excluding hydrogens is 328 g/mol. The summed E-state index contributed by atoms with van der Waals surface area (Å²) in [5.74, 6) is 0.0332. The Morgan fingerprint density at radius 1 is 1.46 bits per heavy atom. The smallest absolute Gasteiger partial charge is 0.335 e. The number of anilines is 1. The zero-order chi connectivity index (χ0) is 18.1. The maximum atomic E-state index is 12.7. The predicted molar refractivity (Wildman–Crippen MR) is 98.9 cm³/mol. The minimum Gasteiger partial charge on any atom is -0.508 e. The molecule has 0 radical (unpaired) electrons. The third kappa shape index (κ3) is 1.72. The quantitative estimate of drug-likeness (QED) is 0.487. The topological polar surface area (TPSA) is 61.8 Å². The lowest BCUT2D eigenvalue weighted by Gasteiger charge is -2.53. The van der Waals surface area contributed by atoms with Crippen molar-refractivity contribution in [3.05, 3.63) is 47.2 Å². The number of methoxy groups -OCH3 is 1. The van der Waals surface area contributed by atoms with Crippen molar-refractivity contribution in [1.82, 2.24) is 4.90 Å². The minimum atomic E-state index is -0.281. The van der Waals surface area contributed by atoms with E-state index in [0.717, 1.165) is 48.5 Å². The van der Waals surface area contributed by atoms with Crippen LogP contribution in [0, 0.1) is 5.41 Å². The van der Waals surface area contributed by atoms with Crippen LogP contribution < -0.4 is 5.32 Å². The van der Waals surface area contributed by atoms with E-state index in [1.54, 1.807) is 6.07 Å². The Balaban J connectivity index is 1.84. The van der Waals surface area contributed by atoms with Crippen LogP contribution in [0.3, 0.4) is 0 Å². The summed E-state index contributed by atoms with van der Waals surface area (Å²) in [5.41, 5.74) is 3.51. The molecule has 4 aliphatic rings. The van der Waals surface area contributed by atoms with Gasteiger partial charge in [-0.15, -0.1) is 0 Å². The molecule has 1 fully saturated rings. The van der Waals surface area contributed by atoms with Crippen LogP contribution in [-0.2, 0) is 14.9 Å². The molecule has 1 aliphatic carbocycles. The van der Waals surface area contributed by atoms with Crippen LogP contribution in [-0.4, -0.2) is 42.2 Å². The highest BCUT2D eigenvalue weighted by molar-refractivity contribution is 5.93. The number of hydrogen-bond donors (Lipinski definition) is 2. The second kappa shape index (κ2) is 5.13. The SMILES string of the molecule is CC[C@]12C=CCN3CC[C@]4(C(=C(C(=O)OC)C1)Nc1ccc(O)cc14)[C@@H]32. The van der Waals surface area contributed by atoms with Gasteiger partial charge in [0.05, 0.1) is 18.1 Å². The van der Waals surface area contributed by atoms with Crippen LogP contribution in [0.15, 0.2) is 41.6 Å². The van der Waals surface area contributed by atoms with Crippen molar-refractivity contribution in [2.75, 3.05) is 25.5 Å². The maximum Gasteiger partial charge on any atom is 0.335 e. The lowest BCUT2D eigenvalue weighted by molar-refractivity contribution is -0.137. The van der Waals surface area contributed by atoms with Crippen molar-refractivity contribution < 1.29 is 14.6 Å². The monoisotopic (exact) mass is 352 g/mol. The van der Waals surface area contributed by atoms with Crippen LogP contribution >= 0.6 is 0 Å². The third-order valence-corrected chi connectivity index (χ3v) is 7.05. The van der Waals surface area contributed by atoms with Crippen molar-refractivity contribution >= 4 is 11.7 Å². The number of nitrogens with zero attached hydrogens (tertiary/aromatic N) is 1. The highest BCUT2D eigenvalue weighted by Gasteiger charge is 2.65. The molecule has 0 amide bonds. The largest absolute Gasteiger partial charge is 0.508 e. The van der Waals surface area contributed by atoms with Crippen molar-refractivity contribution in [2.24, 2.45) is 5.41 Å². The Hall–Kier alpha value is -2.27. The van der Waals surface area contributed by atoms with Gasteiger partial charge in [0, 0.05) is 35.9 Å². The Kier molecular flexibility index (Phi) is 3.15. The Labute approximate surface area is 153 Å². The molecule has 1 spiro atoms. The molecule has 0 bridgehead atoms. The summed E-state index contributed by atoms with van der Waals surface area (Å²) in [4.78, 5) is 15.3. The van der Waals surface area contributed by atoms with E-state index in [4.69, 9.17) is 4.74 Å². The van der Waals surface area contributed by atoms with Crippen molar-refractivity contribution in [3.8, 4) is 5.75 Å². The highest BCUT2D eigenvalue weighted by atomic mass is 16.5. The van der Waals surface area contributed by atoms with Gasteiger partial charge in [0.15, 0.2) is 0 Å². The second-order valence-electron chi connectivity index (χ2n) is 7.98. The molecule has 136 valence electrons. The van der Waals surface area contributed by atoms with Gasteiger partial charge in [0.25, 0.3) is 0 Å². The first-order valence-corrected chi connectivity index (χ1v) is 9.40. The molecule has 5 heteroatoms. The van der Waals surface area contributed by atoms with E-state index in [1.807, 2.05) is 12.1 Å². The van der Waals surface area contributed by atoms with E-state index in [2.05, 4.69) is 29.3 Å². The van der Waals surface area contributed by atoms with E-state index >= 15 is 0 Å². The molecule has 0 saturated carbocycles. The molecule has 1 saturated heterocycles. The number of ether oxygens (including phenoxy) is 1. The molecule has 0 aromatic heterocycles. The van der Waals surface area contributed by atoms with Crippen LogP contribution in [0.1, 0.15) is 31.7 Å². The van der Waals surface area contributed by atoms with Gasteiger partial charge in [0.1, 0.15) is 5.75 Å². The van der Waals surface area contributed by atoms with Crippen molar-refractivity contribution in [2.45, 2.75) is 37.6 Å². The fraction of sp³-hybridized carbons (Fsp3) is 0.476. The molecule has 0 unspecified atom stereocenters. The molecule has 5 nitrogen and oxygen atoms in total. The van der Waals surface area contributed by atoms with E-state index in [9.17, 15) is 9.90 Å². The van der Waals surface area contributed by atoms with Gasteiger partial charge >= 0.3 is 5.97 Å². The minimum absolute atomic E-state index is 0.0868. The van der Waals surface area contributed by atoms with E-state index < -0.39 is 0 Å². The summed E-state index contributed by atoms with van der Waals surface area (Å²) in [7, 11) is 1.46. The molecule has 2 N–H and O–H groups in total. The predicted octanol–water partition coefficient (Wildman–Crippen LogP) is 2.93. The average molecular weight is 352 g/mol. The Morgan fingerprint density at radius 3 is 3.08 bits per heavy atom. The molecular formula is C21H24N2O3. The normalized spacial score (nSPS) is 34.2. The summed E-state index contributed by atoms with van der Waals surface area (Å²) in [6.07, 6.45) is 7.19.